The molecule has 154 valence electrons. The number of carbonyl (C=O) groups excluding carboxylic acids is 1. The van der Waals surface area contributed by atoms with Gasteiger partial charge >= 0.3 is 11.6 Å². The molecular formula is C18H22ClNO7S. The second kappa shape index (κ2) is 8.50. The van der Waals surface area contributed by atoms with E-state index < -0.39 is 21.4 Å². The van der Waals surface area contributed by atoms with Crippen LogP contribution in [0.3, 0.4) is 0 Å². The zero-order valence-corrected chi connectivity index (χ0v) is 17.2. The predicted octanol–water partition coefficient (Wildman–Crippen LogP) is -0.437. The van der Waals surface area contributed by atoms with Crippen molar-refractivity contribution in [1.29, 1.82) is 0 Å². The van der Waals surface area contributed by atoms with E-state index in [9.17, 15) is 23.1 Å². The van der Waals surface area contributed by atoms with E-state index in [0.29, 0.717) is 22.9 Å². The number of methoxy groups -OCH3 is 1. The highest BCUT2D eigenvalue weighted by molar-refractivity contribution is 7.91. The summed E-state index contributed by atoms with van der Waals surface area (Å²) in [5.74, 6) is -0.596. The number of halogens is 1. The Kier molecular flexibility index (Phi) is 6.74. The summed E-state index contributed by atoms with van der Waals surface area (Å²) in [5, 5.41) is 14.7. The maximum absolute atomic E-state index is 12.3. The number of benzene rings is 1. The molecule has 8 nitrogen and oxygen atoms in total. The molecule has 0 amide bonds. The number of fused-ring (bicyclic) bond motifs is 1. The molecule has 3 rings (SSSR count). The van der Waals surface area contributed by atoms with Crippen LogP contribution in [-0.2, 0) is 32.3 Å². The third-order valence-corrected chi connectivity index (χ3v) is 6.78. The highest BCUT2D eigenvalue weighted by atomic mass is 35.5. The number of sulfone groups is 1. The van der Waals surface area contributed by atoms with Crippen LogP contribution in [-0.4, -0.2) is 39.0 Å². The summed E-state index contributed by atoms with van der Waals surface area (Å²) >= 11 is 0. The van der Waals surface area contributed by atoms with Crippen molar-refractivity contribution in [1.82, 2.24) is 0 Å². The first-order chi connectivity index (χ1) is 12.7. The fourth-order valence-electron chi connectivity index (χ4n) is 3.40. The number of quaternary nitrogens is 1. The molecule has 1 aromatic heterocycles. The number of esters is 1. The van der Waals surface area contributed by atoms with Crippen molar-refractivity contribution >= 4 is 39.2 Å². The van der Waals surface area contributed by atoms with Gasteiger partial charge in [-0.05, 0) is 12.5 Å². The largest absolute Gasteiger partial charge is 0.872 e. The monoisotopic (exact) mass is 431 g/mol. The molecular weight excluding hydrogens is 410 g/mol. The third kappa shape index (κ3) is 4.48. The van der Waals surface area contributed by atoms with E-state index in [1.54, 1.807) is 18.3 Å². The minimum atomic E-state index is -3.01. The lowest BCUT2D eigenvalue weighted by molar-refractivity contribution is -0.699. The van der Waals surface area contributed by atoms with Gasteiger partial charge < -0.3 is 19.6 Å². The molecule has 1 aromatic carbocycles. The summed E-state index contributed by atoms with van der Waals surface area (Å²) in [6.07, 6.45) is 0.328. The van der Waals surface area contributed by atoms with Gasteiger partial charge in [-0.1, -0.05) is 17.9 Å². The Morgan fingerprint density at radius 3 is 2.68 bits per heavy atom. The predicted molar refractivity (Wildman–Crippen MR) is 102 cm³/mol. The highest BCUT2D eigenvalue weighted by Crippen LogP contribution is 2.27. The topological polar surface area (TPSA) is 130 Å². The smallest absolute Gasteiger partial charge is 0.340 e. The average molecular weight is 432 g/mol. The number of carbonyl (C=O) groups is 1. The van der Waals surface area contributed by atoms with Gasteiger partial charge in [0, 0.05) is 17.4 Å². The summed E-state index contributed by atoms with van der Waals surface area (Å²) in [7, 11) is -1.77. The molecule has 0 saturated carbocycles. The fourth-order valence-corrected chi connectivity index (χ4v) is 5.18. The first-order valence-corrected chi connectivity index (χ1v) is 10.4. The van der Waals surface area contributed by atoms with Crippen LogP contribution in [0.25, 0.3) is 11.0 Å². The van der Waals surface area contributed by atoms with Crippen LogP contribution in [0, 0.1) is 6.92 Å². The number of hydrogen-bond acceptors (Lipinski definition) is 7. The van der Waals surface area contributed by atoms with Gasteiger partial charge in [0.15, 0.2) is 9.84 Å². The van der Waals surface area contributed by atoms with E-state index >= 15 is 0 Å². The van der Waals surface area contributed by atoms with Crippen LogP contribution in [0.5, 0.6) is 5.75 Å². The highest BCUT2D eigenvalue weighted by Gasteiger charge is 2.30. The molecule has 2 aromatic rings. The number of aryl methyl sites for hydroxylation is 1. The van der Waals surface area contributed by atoms with Crippen molar-refractivity contribution in [3.63, 3.8) is 0 Å². The quantitative estimate of drug-likeness (QED) is 0.501. The number of ether oxygens (including phenoxy) is 1. The van der Waals surface area contributed by atoms with Crippen LogP contribution in [0.2, 0.25) is 0 Å². The maximum Gasteiger partial charge on any atom is 0.340 e. The van der Waals surface area contributed by atoms with Gasteiger partial charge in [-0.2, -0.15) is 0 Å². The summed E-state index contributed by atoms with van der Waals surface area (Å²) in [6.45, 7) is 1.91. The van der Waals surface area contributed by atoms with Crippen LogP contribution in [0.1, 0.15) is 23.1 Å². The Bertz CT molecular complexity index is 1060. The van der Waals surface area contributed by atoms with Gasteiger partial charge in [0.1, 0.15) is 23.9 Å². The molecule has 1 fully saturated rings. The van der Waals surface area contributed by atoms with E-state index in [4.69, 9.17) is 4.42 Å². The van der Waals surface area contributed by atoms with E-state index in [1.165, 1.54) is 13.2 Å². The van der Waals surface area contributed by atoms with Gasteiger partial charge in [-0.3, -0.25) is 4.79 Å². The van der Waals surface area contributed by atoms with Crippen molar-refractivity contribution in [2.75, 3.05) is 18.6 Å². The van der Waals surface area contributed by atoms with Crippen LogP contribution in [0.4, 0.5) is 0 Å². The summed E-state index contributed by atoms with van der Waals surface area (Å²) in [5.41, 5.74) is 0.596. The van der Waals surface area contributed by atoms with Gasteiger partial charge in [-0.15, -0.1) is 12.4 Å². The minimum absolute atomic E-state index is 0. The number of rotatable bonds is 5. The molecule has 1 unspecified atom stereocenters. The molecule has 1 aliphatic heterocycles. The molecule has 2 heterocycles. The molecule has 0 aliphatic carbocycles. The maximum atomic E-state index is 12.3. The van der Waals surface area contributed by atoms with Gasteiger partial charge in [0.05, 0.1) is 24.8 Å². The summed E-state index contributed by atoms with van der Waals surface area (Å²) in [6, 6.07) is 2.85. The molecule has 0 spiro atoms. The molecule has 28 heavy (non-hydrogen) atoms. The van der Waals surface area contributed by atoms with Crippen molar-refractivity contribution in [2.45, 2.75) is 32.4 Å². The SMILES string of the molecule is COC(=O)Cc1c(C)c2ccc([O-])c(C[NH2+]C3CCS(=O)(=O)C3)c2oc1=O.Cl. The van der Waals surface area contributed by atoms with Crippen molar-refractivity contribution < 1.29 is 32.8 Å². The number of nitrogens with two attached hydrogens (primary N) is 1. The molecule has 10 heteroatoms. The lowest BCUT2D eigenvalue weighted by Crippen LogP contribution is -2.89. The first-order valence-electron chi connectivity index (χ1n) is 8.57. The Morgan fingerprint density at radius 2 is 2.07 bits per heavy atom. The zero-order chi connectivity index (χ0) is 19.8. The molecule has 2 N–H and O–H groups in total. The van der Waals surface area contributed by atoms with E-state index in [-0.39, 0.29) is 59.8 Å². The standard InChI is InChI=1S/C18H21NO7S.ClH/c1-10-12-3-4-15(20)14(8-19-11-5-6-27(23,24)9-11)17(12)26-18(22)13(10)7-16(21)25-2;/h3-4,11,19-20H,5-9H2,1-2H3;1H. The molecule has 1 saturated heterocycles. The summed E-state index contributed by atoms with van der Waals surface area (Å²) in [4.78, 5) is 23.9. The second-order valence-electron chi connectivity index (χ2n) is 6.77. The average Bonchev–Trinajstić information content (AvgIpc) is 2.96. The van der Waals surface area contributed by atoms with Gasteiger partial charge in [0.25, 0.3) is 0 Å². The Balaban J connectivity index is 0.00000280. The van der Waals surface area contributed by atoms with E-state index in [0.717, 1.165) is 0 Å². The first kappa shape index (κ1) is 22.2. The van der Waals surface area contributed by atoms with E-state index in [2.05, 4.69) is 4.74 Å². The van der Waals surface area contributed by atoms with E-state index in [1.807, 2.05) is 0 Å². The Morgan fingerprint density at radius 1 is 1.36 bits per heavy atom. The Hall–Kier alpha value is -2.10. The number of hydrogen-bond donors (Lipinski definition) is 1. The molecule has 0 bridgehead atoms. The minimum Gasteiger partial charge on any atom is -0.872 e. The lowest BCUT2D eigenvalue weighted by atomic mass is 10.0. The van der Waals surface area contributed by atoms with Crippen molar-refractivity contribution in [3.05, 3.63) is 39.2 Å². The lowest BCUT2D eigenvalue weighted by Gasteiger charge is -2.17. The molecule has 1 aliphatic rings. The van der Waals surface area contributed by atoms with Crippen LogP contribution >= 0.6 is 12.4 Å². The van der Waals surface area contributed by atoms with Crippen molar-refractivity contribution in [2.24, 2.45) is 0 Å². The molecule has 1 atom stereocenters. The Labute approximate surface area is 168 Å². The normalized spacial score (nSPS) is 18.0. The van der Waals surface area contributed by atoms with Gasteiger partial charge in [-0.25, -0.2) is 13.2 Å². The van der Waals surface area contributed by atoms with Gasteiger partial charge in [0.2, 0.25) is 0 Å². The second-order valence-corrected chi connectivity index (χ2v) is 9.00. The molecule has 0 radical (unpaired) electrons. The van der Waals surface area contributed by atoms with Crippen LogP contribution in [0.15, 0.2) is 21.3 Å². The van der Waals surface area contributed by atoms with Crippen molar-refractivity contribution in [3.8, 4) is 5.75 Å². The third-order valence-electron chi connectivity index (χ3n) is 4.99. The fraction of sp³-hybridized carbons (Fsp3) is 0.444. The van der Waals surface area contributed by atoms with Crippen LogP contribution < -0.4 is 16.0 Å². The zero-order valence-electron chi connectivity index (χ0n) is 15.5. The summed E-state index contributed by atoms with van der Waals surface area (Å²) < 4.78 is 33.2.